The molecule has 0 aromatic rings. The van der Waals surface area contributed by atoms with Crippen LogP contribution < -0.4 is 10.6 Å². The minimum absolute atomic E-state index is 0.0255. The van der Waals surface area contributed by atoms with Gasteiger partial charge in [0.05, 0.1) is 6.42 Å². The van der Waals surface area contributed by atoms with Gasteiger partial charge in [0.15, 0.2) is 0 Å². The van der Waals surface area contributed by atoms with Crippen molar-refractivity contribution >= 4 is 17.9 Å². The van der Waals surface area contributed by atoms with Gasteiger partial charge in [-0.1, -0.05) is 25.7 Å². The predicted octanol–water partition coefficient (Wildman–Crippen LogP) is 2.11. The number of urea groups is 1. The normalized spacial score (nSPS) is 14.9. The maximum absolute atomic E-state index is 11.8. The molecule has 24 heavy (non-hydrogen) atoms. The molecule has 0 atom stereocenters. The Morgan fingerprint density at radius 3 is 2.42 bits per heavy atom. The molecule has 1 fully saturated rings. The lowest BCUT2D eigenvalue weighted by molar-refractivity contribution is -0.138. The molecule has 3 amide bonds. The van der Waals surface area contributed by atoms with Gasteiger partial charge in [0.1, 0.15) is 0 Å². The van der Waals surface area contributed by atoms with Crippen LogP contribution in [0.3, 0.4) is 0 Å². The number of aliphatic carboxylic acids is 1. The van der Waals surface area contributed by atoms with Crippen LogP contribution in [0.2, 0.25) is 0 Å². The van der Waals surface area contributed by atoms with Crippen molar-refractivity contribution in [2.75, 3.05) is 20.1 Å². The number of nitrogens with zero attached hydrogens (tertiary/aromatic N) is 1. The van der Waals surface area contributed by atoms with Crippen LogP contribution in [0.15, 0.2) is 0 Å². The summed E-state index contributed by atoms with van der Waals surface area (Å²) in [6.07, 6.45) is 8.65. The summed E-state index contributed by atoms with van der Waals surface area (Å²) in [6.45, 7) is 0.860. The van der Waals surface area contributed by atoms with Gasteiger partial charge in [-0.3, -0.25) is 9.59 Å². The highest BCUT2D eigenvalue weighted by molar-refractivity contribution is 5.76. The van der Waals surface area contributed by atoms with Crippen molar-refractivity contribution < 1.29 is 19.5 Å². The molecular formula is C17H31N3O4. The van der Waals surface area contributed by atoms with Gasteiger partial charge in [-0.05, 0) is 25.7 Å². The molecule has 1 aliphatic carbocycles. The van der Waals surface area contributed by atoms with Crippen LogP contribution in [0.25, 0.3) is 0 Å². The highest BCUT2D eigenvalue weighted by atomic mass is 16.4. The lowest BCUT2D eigenvalue weighted by atomic mass is 9.96. The summed E-state index contributed by atoms with van der Waals surface area (Å²) in [5.41, 5.74) is 0. The summed E-state index contributed by atoms with van der Waals surface area (Å²) in [7, 11) is 1.63. The smallest absolute Gasteiger partial charge is 0.315 e. The van der Waals surface area contributed by atoms with Gasteiger partial charge in [-0.15, -0.1) is 0 Å². The topological polar surface area (TPSA) is 98.7 Å². The minimum atomic E-state index is -0.896. The summed E-state index contributed by atoms with van der Waals surface area (Å²) in [6, 6.07) is 0.226. The van der Waals surface area contributed by atoms with E-state index in [4.69, 9.17) is 5.11 Å². The summed E-state index contributed by atoms with van der Waals surface area (Å²) in [4.78, 5) is 35.4. The fourth-order valence-corrected chi connectivity index (χ4v) is 2.84. The van der Waals surface area contributed by atoms with E-state index in [9.17, 15) is 14.4 Å². The van der Waals surface area contributed by atoms with Crippen LogP contribution in [0, 0.1) is 0 Å². The third kappa shape index (κ3) is 9.37. The quantitative estimate of drug-likeness (QED) is 0.530. The van der Waals surface area contributed by atoms with Crippen LogP contribution in [-0.4, -0.2) is 54.1 Å². The molecule has 138 valence electrons. The van der Waals surface area contributed by atoms with Crippen molar-refractivity contribution in [2.24, 2.45) is 0 Å². The first-order chi connectivity index (χ1) is 11.5. The number of hydrogen-bond acceptors (Lipinski definition) is 3. The molecule has 0 unspecified atom stereocenters. The van der Waals surface area contributed by atoms with Crippen LogP contribution in [-0.2, 0) is 9.59 Å². The van der Waals surface area contributed by atoms with E-state index in [1.165, 1.54) is 24.2 Å². The fraction of sp³-hybridized carbons (Fsp3) is 0.824. The minimum Gasteiger partial charge on any atom is -0.481 e. The van der Waals surface area contributed by atoms with Crippen molar-refractivity contribution in [3.05, 3.63) is 0 Å². The lowest BCUT2D eigenvalue weighted by Crippen LogP contribution is -2.43. The average Bonchev–Trinajstić information content (AvgIpc) is 2.56. The molecule has 0 radical (unpaired) electrons. The Morgan fingerprint density at radius 1 is 1.04 bits per heavy atom. The highest BCUT2D eigenvalue weighted by Crippen LogP contribution is 2.17. The summed E-state index contributed by atoms with van der Waals surface area (Å²) in [5.74, 6) is -0.925. The zero-order valence-corrected chi connectivity index (χ0v) is 14.7. The summed E-state index contributed by atoms with van der Waals surface area (Å²) in [5, 5.41) is 14.5. The maximum Gasteiger partial charge on any atom is 0.315 e. The molecule has 0 saturated heterocycles. The number of carboxylic acids is 1. The number of unbranched alkanes of at least 4 members (excludes halogenated alkanes) is 2. The van der Waals surface area contributed by atoms with Crippen molar-refractivity contribution in [3.8, 4) is 0 Å². The van der Waals surface area contributed by atoms with Gasteiger partial charge in [-0.2, -0.15) is 0 Å². The van der Waals surface area contributed by atoms with Crippen LogP contribution in [0.4, 0.5) is 4.79 Å². The van der Waals surface area contributed by atoms with E-state index in [1.807, 2.05) is 0 Å². The monoisotopic (exact) mass is 341 g/mol. The predicted molar refractivity (Wildman–Crippen MR) is 91.8 cm³/mol. The Balaban J connectivity index is 1.98. The van der Waals surface area contributed by atoms with E-state index in [1.54, 1.807) is 7.05 Å². The van der Waals surface area contributed by atoms with Crippen LogP contribution in [0.1, 0.15) is 64.2 Å². The molecule has 1 aliphatic rings. The van der Waals surface area contributed by atoms with Gasteiger partial charge in [0.25, 0.3) is 0 Å². The fourth-order valence-electron chi connectivity index (χ4n) is 2.84. The Morgan fingerprint density at radius 2 is 1.75 bits per heavy atom. The van der Waals surface area contributed by atoms with Gasteiger partial charge in [0.2, 0.25) is 5.91 Å². The molecule has 0 aromatic carbocycles. The Labute approximate surface area is 144 Å². The van der Waals surface area contributed by atoms with Gasteiger partial charge >= 0.3 is 12.0 Å². The number of carbonyl (C=O) groups is 3. The molecule has 7 heteroatoms. The van der Waals surface area contributed by atoms with Crippen molar-refractivity contribution in [2.45, 2.75) is 70.3 Å². The van der Waals surface area contributed by atoms with Crippen molar-refractivity contribution in [3.63, 3.8) is 0 Å². The van der Waals surface area contributed by atoms with Gasteiger partial charge < -0.3 is 20.6 Å². The highest BCUT2D eigenvalue weighted by Gasteiger charge is 2.15. The lowest BCUT2D eigenvalue weighted by Gasteiger charge is -2.22. The third-order valence-electron chi connectivity index (χ3n) is 4.38. The Bertz CT molecular complexity index is 409. The van der Waals surface area contributed by atoms with Gasteiger partial charge in [0, 0.05) is 32.6 Å². The molecule has 3 N–H and O–H groups in total. The first kappa shape index (κ1) is 20.3. The first-order valence-electron chi connectivity index (χ1n) is 8.99. The Kier molecular flexibility index (Phi) is 9.88. The zero-order valence-electron chi connectivity index (χ0n) is 14.7. The van der Waals surface area contributed by atoms with E-state index in [-0.39, 0.29) is 24.9 Å². The van der Waals surface area contributed by atoms with Crippen molar-refractivity contribution in [1.82, 2.24) is 15.5 Å². The maximum atomic E-state index is 11.8. The number of hydrogen-bond donors (Lipinski definition) is 3. The van der Waals surface area contributed by atoms with Crippen LogP contribution >= 0.6 is 0 Å². The van der Waals surface area contributed by atoms with E-state index in [2.05, 4.69) is 10.6 Å². The molecule has 0 bridgehead atoms. The number of nitrogens with one attached hydrogen (secondary N) is 2. The zero-order chi connectivity index (χ0) is 17.8. The second-order valence-electron chi connectivity index (χ2n) is 6.50. The molecule has 0 aromatic heterocycles. The number of amides is 3. The van der Waals surface area contributed by atoms with E-state index in [0.29, 0.717) is 19.0 Å². The standard InChI is InChI=1S/C17H31N3O4/c1-20(13-11-16(22)23)15(21)10-6-3-7-12-18-17(24)19-14-8-4-2-5-9-14/h14H,2-13H2,1H3,(H,22,23)(H2,18,19,24). The molecule has 0 spiro atoms. The number of carbonyl (C=O) groups excluding carboxylic acids is 2. The average molecular weight is 341 g/mol. The number of rotatable bonds is 10. The molecule has 0 heterocycles. The van der Waals surface area contributed by atoms with Crippen molar-refractivity contribution in [1.29, 1.82) is 0 Å². The molecule has 0 aliphatic heterocycles. The van der Waals surface area contributed by atoms with Crippen LogP contribution in [0.5, 0.6) is 0 Å². The summed E-state index contributed by atoms with van der Waals surface area (Å²) < 4.78 is 0. The molecule has 1 rings (SSSR count). The molecular weight excluding hydrogens is 310 g/mol. The SMILES string of the molecule is CN(CCC(=O)O)C(=O)CCCCCNC(=O)NC1CCCCC1. The second kappa shape index (κ2) is 11.7. The second-order valence-corrected chi connectivity index (χ2v) is 6.50. The molecule has 1 saturated carbocycles. The number of carboxylic acid groups (broad SMARTS) is 1. The Hall–Kier alpha value is -1.79. The summed E-state index contributed by atoms with van der Waals surface area (Å²) >= 11 is 0. The molecule has 7 nitrogen and oxygen atoms in total. The first-order valence-corrected chi connectivity index (χ1v) is 8.99. The van der Waals surface area contributed by atoms with E-state index in [0.717, 1.165) is 32.1 Å². The largest absolute Gasteiger partial charge is 0.481 e. The van der Waals surface area contributed by atoms with E-state index < -0.39 is 5.97 Å². The third-order valence-corrected chi connectivity index (χ3v) is 4.38. The van der Waals surface area contributed by atoms with E-state index >= 15 is 0 Å². The van der Waals surface area contributed by atoms with Gasteiger partial charge in [-0.25, -0.2) is 4.79 Å².